The summed E-state index contributed by atoms with van der Waals surface area (Å²) in [4.78, 5) is 48.6. The SMILES string of the molecule is CCOC(=O)CC[C@H]([C@H]1C[C@H]2[C@@H]3CC=C4C[C@@H](OC(C)=O)CC[C@]4(C)[C@H]3CC[C@]2(C)C1C(C)=O)[N+](=O)[O-]. The van der Waals surface area contributed by atoms with E-state index in [0.717, 1.165) is 38.5 Å². The molecule has 3 saturated carbocycles. The first kappa shape index (κ1) is 27.8. The average molecular weight is 518 g/mol. The third-order valence-corrected chi connectivity index (χ3v) is 10.6. The molecule has 0 aromatic heterocycles. The zero-order valence-corrected chi connectivity index (χ0v) is 23.0. The lowest BCUT2D eigenvalue weighted by molar-refractivity contribution is -0.534. The number of nitrogens with zero attached hydrogens (tertiary/aromatic N) is 1. The molecule has 0 saturated heterocycles. The molecule has 4 aliphatic rings. The van der Waals surface area contributed by atoms with Crippen molar-refractivity contribution in [2.75, 3.05) is 6.61 Å². The maximum Gasteiger partial charge on any atom is 0.306 e. The summed E-state index contributed by atoms with van der Waals surface area (Å²) in [5.74, 6) is -0.273. The number of ketones is 1. The Morgan fingerprint density at radius 2 is 1.89 bits per heavy atom. The van der Waals surface area contributed by atoms with Gasteiger partial charge in [0.25, 0.3) is 0 Å². The Kier molecular flexibility index (Phi) is 7.87. The number of carbonyl (C=O) groups is 3. The van der Waals surface area contributed by atoms with Crippen molar-refractivity contribution in [3.8, 4) is 0 Å². The van der Waals surface area contributed by atoms with Crippen LogP contribution < -0.4 is 0 Å². The molecule has 0 N–H and O–H groups in total. The van der Waals surface area contributed by atoms with Gasteiger partial charge in [-0.25, -0.2) is 0 Å². The van der Waals surface area contributed by atoms with E-state index in [1.54, 1.807) is 13.8 Å². The maximum atomic E-state index is 13.1. The highest BCUT2D eigenvalue weighted by atomic mass is 16.6. The van der Waals surface area contributed by atoms with Gasteiger partial charge in [0.05, 0.1) is 13.0 Å². The van der Waals surface area contributed by atoms with Crippen LogP contribution in [0.5, 0.6) is 0 Å². The van der Waals surface area contributed by atoms with E-state index in [4.69, 9.17) is 9.47 Å². The van der Waals surface area contributed by atoms with Crippen LogP contribution in [0.15, 0.2) is 11.6 Å². The number of ether oxygens (including phenoxy) is 2. The van der Waals surface area contributed by atoms with Gasteiger partial charge in [0.1, 0.15) is 11.9 Å². The molecule has 0 aromatic carbocycles. The third kappa shape index (κ3) is 4.97. The van der Waals surface area contributed by atoms with Gasteiger partial charge in [-0.1, -0.05) is 25.5 Å². The zero-order valence-electron chi connectivity index (χ0n) is 23.0. The number of rotatable bonds is 8. The normalized spacial score (nSPS) is 39.3. The van der Waals surface area contributed by atoms with Crippen LogP contribution in [0, 0.1) is 50.5 Å². The maximum absolute atomic E-state index is 13.1. The van der Waals surface area contributed by atoms with Crippen LogP contribution in [0.25, 0.3) is 0 Å². The minimum atomic E-state index is -0.927. The van der Waals surface area contributed by atoms with Crippen LogP contribution in [0.3, 0.4) is 0 Å². The minimum absolute atomic E-state index is 0.00170. The summed E-state index contributed by atoms with van der Waals surface area (Å²) in [5, 5.41) is 12.3. The highest BCUT2D eigenvalue weighted by molar-refractivity contribution is 5.80. The lowest BCUT2D eigenvalue weighted by Gasteiger charge is -2.58. The van der Waals surface area contributed by atoms with Crippen LogP contribution >= 0.6 is 0 Å². The van der Waals surface area contributed by atoms with Gasteiger partial charge < -0.3 is 9.47 Å². The number of esters is 2. The Labute approximate surface area is 220 Å². The van der Waals surface area contributed by atoms with Crippen LogP contribution in [-0.4, -0.2) is 41.4 Å². The van der Waals surface area contributed by atoms with Crippen molar-refractivity contribution in [2.24, 2.45) is 40.4 Å². The number of nitro groups is 1. The van der Waals surface area contributed by atoms with E-state index in [2.05, 4.69) is 19.9 Å². The van der Waals surface area contributed by atoms with Gasteiger partial charge in [-0.2, -0.15) is 0 Å². The fraction of sp³-hybridized carbons (Fsp3) is 0.828. The van der Waals surface area contributed by atoms with Crippen molar-refractivity contribution in [1.29, 1.82) is 0 Å². The summed E-state index contributed by atoms with van der Waals surface area (Å²) in [6.45, 7) is 9.59. The lowest BCUT2D eigenvalue weighted by Crippen LogP contribution is -2.51. The minimum Gasteiger partial charge on any atom is -0.466 e. The van der Waals surface area contributed by atoms with Crippen LogP contribution in [0.2, 0.25) is 0 Å². The Hall–Kier alpha value is -2.25. The molecule has 0 spiro atoms. The second kappa shape index (κ2) is 10.5. The molecule has 206 valence electrons. The van der Waals surface area contributed by atoms with Crippen molar-refractivity contribution in [3.63, 3.8) is 0 Å². The Balaban J connectivity index is 1.60. The third-order valence-electron chi connectivity index (χ3n) is 10.6. The Morgan fingerprint density at radius 1 is 1.16 bits per heavy atom. The first-order valence-electron chi connectivity index (χ1n) is 14.1. The van der Waals surface area contributed by atoms with Gasteiger partial charge in [0, 0.05) is 36.5 Å². The number of allylic oxidation sites excluding steroid dienone is 1. The van der Waals surface area contributed by atoms with E-state index in [0.29, 0.717) is 18.3 Å². The van der Waals surface area contributed by atoms with Gasteiger partial charge in [0.15, 0.2) is 0 Å². The molecule has 1 unspecified atom stereocenters. The largest absolute Gasteiger partial charge is 0.466 e. The van der Waals surface area contributed by atoms with Gasteiger partial charge in [-0.05, 0) is 81.0 Å². The number of carbonyl (C=O) groups excluding carboxylic acids is 3. The molecule has 0 radical (unpaired) electrons. The molecule has 0 aromatic rings. The molecule has 0 heterocycles. The summed E-state index contributed by atoms with van der Waals surface area (Å²) in [7, 11) is 0. The molecule has 0 bridgehead atoms. The zero-order chi connectivity index (χ0) is 27.1. The number of Topliss-reactive ketones (excluding diaryl/α,β-unsaturated/α-hetero) is 1. The molecule has 4 aliphatic carbocycles. The summed E-state index contributed by atoms with van der Waals surface area (Å²) >= 11 is 0. The number of hydrogen-bond acceptors (Lipinski definition) is 7. The first-order chi connectivity index (χ1) is 17.4. The summed E-state index contributed by atoms with van der Waals surface area (Å²) < 4.78 is 10.6. The van der Waals surface area contributed by atoms with E-state index >= 15 is 0 Å². The van der Waals surface area contributed by atoms with Crippen molar-refractivity contribution < 1.29 is 28.8 Å². The van der Waals surface area contributed by atoms with Crippen molar-refractivity contribution in [3.05, 3.63) is 21.8 Å². The van der Waals surface area contributed by atoms with Gasteiger partial charge >= 0.3 is 11.9 Å². The predicted octanol–water partition coefficient (Wildman–Crippen LogP) is 5.30. The summed E-state index contributed by atoms with van der Waals surface area (Å²) in [5.41, 5.74) is 1.16. The van der Waals surface area contributed by atoms with E-state index in [1.807, 2.05) is 0 Å². The number of fused-ring (bicyclic) bond motifs is 5. The number of hydrogen-bond donors (Lipinski definition) is 0. The van der Waals surface area contributed by atoms with Crippen LogP contribution in [0.4, 0.5) is 0 Å². The lowest BCUT2D eigenvalue weighted by atomic mass is 9.47. The molecule has 8 heteroatoms. The monoisotopic (exact) mass is 517 g/mol. The van der Waals surface area contributed by atoms with Gasteiger partial charge in [0.2, 0.25) is 6.04 Å². The molecule has 0 amide bonds. The topological polar surface area (TPSA) is 113 Å². The van der Waals surface area contributed by atoms with E-state index in [1.165, 1.54) is 12.5 Å². The smallest absolute Gasteiger partial charge is 0.306 e. The second-order valence-corrected chi connectivity index (χ2v) is 12.5. The van der Waals surface area contributed by atoms with E-state index in [-0.39, 0.29) is 70.8 Å². The van der Waals surface area contributed by atoms with Gasteiger partial charge in [-0.15, -0.1) is 0 Å². The fourth-order valence-electron chi connectivity index (χ4n) is 9.18. The van der Waals surface area contributed by atoms with Crippen LogP contribution in [-0.2, 0) is 23.9 Å². The molecule has 4 rings (SSSR count). The highest BCUT2D eigenvalue weighted by Gasteiger charge is 2.64. The average Bonchev–Trinajstić information content (AvgIpc) is 3.12. The second-order valence-electron chi connectivity index (χ2n) is 12.5. The molecule has 37 heavy (non-hydrogen) atoms. The highest BCUT2D eigenvalue weighted by Crippen LogP contribution is 2.68. The van der Waals surface area contributed by atoms with Gasteiger partial charge in [-0.3, -0.25) is 24.5 Å². The Bertz CT molecular complexity index is 975. The quantitative estimate of drug-likeness (QED) is 0.186. The summed E-state index contributed by atoms with van der Waals surface area (Å²) in [6, 6.07) is -0.927. The first-order valence-corrected chi connectivity index (χ1v) is 14.1. The summed E-state index contributed by atoms with van der Waals surface area (Å²) in [6.07, 6.45) is 8.48. The van der Waals surface area contributed by atoms with Crippen molar-refractivity contribution in [2.45, 2.75) is 105 Å². The van der Waals surface area contributed by atoms with Crippen LogP contribution in [0.1, 0.15) is 92.4 Å². The molecule has 9 atom stereocenters. The molecular weight excluding hydrogens is 474 g/mol. The fourth-order valence-corrected chi connectivity index (χ4v) is 9.18. The van der Waals surface area contributed by atoms with Crippen molar-refractivity contribution >= 4 is 17.7 Å². The Morgan fingerprint density at radius 3 is 2.51 bits per heavy atom. The van der Waals surface area contributed by atoms with Crippen molar-refractivity contribution in [1.82, 2.24) is 0 Å². The molecule has 8 nitrogen and oxygen atoms in total. The standard InChI is InChI=1S/C29H43NO7/c1-6-36-26(33)10-9-25(30(34)35)22-16-24-21-8-7-19-15-20(37-18(3)32)11-13-28(19,4)23(21)12-14-29(24,5)27(22)17(2)31/h7,20-25,27H,6,8-16H2,1-5H3/t20-,21+,22+,23-,24-,25+,27?,28-,29-/m0/s1. The molecule has 0 aliphatic heterocycles. The molecule has 3 fully saturated rings. The predicted molar refractivity (Wildman–Crippen MR) is 137 cm³/mol. The molecular formula is C29H43NO7. The van der Waals surface area contributed by atoms with E-state index < -0.39 is 12.0 Å². The van der Waals surface area contributed by atoms with E-state index in [9.17, 15) is 24.5 Å².